The normalized spacial score (nSPS) is 24.7. The van der Waals surface area contributed by atoms with Gasteiger partial charge in [-0.1, -0.05) is 57.5 Å². The second-order valence-electron chi connectivity index (χ2n) is 16.6. The van der Waals surface area contributed by atoms with E-state index in [1.807, 2.05) is 56.1 Å². The zero-order valence-electron chi connectivity index (χ0n) is 32.9. The monoisotopic (exact) mass is 805 g/mol. The first-order valence-corrected chi connectivity index (χ1v) is 20.2. The molecule has 3 aliphatic carbocycles. The summed E-state index contributed by atoms with van der Waals surface area (Å²) in [4.78, 5) is 73.6. The number of carbonyl (C=O) groups is 5. The van der Waals surface area contributed by atoms with E-state index in [2.05, 4.69) is 15.6 Å². The molecule has 2 aromatic rings. The lowest BCUT2D eigenvalue weighted by atomic mass is 9.32. The number of hydrogen-bond acceptors (Lipinski definition) is 9. The lowest BCUT2D eigenvalue weighted by Gasteiger charge is -2.72. The Morgan fingerprint density at radius 2 is 1.71 bits per heavy atom. The second-order valence-corrected chi connectivity index (χ2v) is 17.5. The smallest absolute Gasteiger partial charge is 0.394 e. The molecule has 1 aromatic heterocycles. The molecular formula is C40H54F3N5O7S. The summed E-state index contributed by atoms with van der Waals surface area (Å²) in [6.07, 6.45) is -3.12. The number of rotatable bonds is 17. The minimum atomic E-state index is -4.40. The molecule has 6 atom stereocenters. The second kappa shape index (κ2) is 17.2. The molecule has 3 saturated carbocycles. The maximum absolute atomic E-state index is 14.5. The zero-order valence-corrected chi connectivity index (χ0v) is 33.7. The fraction of sp³-hybridized carbons (Fsp3) is 0.650. The fourth-order valence-corrected chi connectivity index (χ4v) is 9.72. The first-order valence-electron chi connectivity index (χ1n) is 19.3. The standard InChI is InChI=1S/C40H54F3N5O7S/c1-23(2)30(48(6)36(52)32(38-20-39(21-38,22-38)40(41,42)43)46-34(51)29-14-10-11-15-47(29)5)18-31(55-25(4)49)35-45-28(19-56-35)33(50)44-27(16-24(3)37(53)54)17-26-12-8-7-9-13-26/h7-9,12-13,19,23-24,27,29-32H,10-11,14-18,20-22H2,1-6H3,(H,44,50)(H,46,51)(H,53,54)/t24-,27+,29+,30+,31+,32+,38?,39?/m0/s1. The molecule has 0 radical (unpaired) electrons. The number of likely N-dealkylation sites (tertiary alicyclic amines) is 1. The van der Waals surface area contributed by atoms with Gasteiger partial charge in [-0.05, 0) is 70.0 Å². The number of aliphatic carboxylic acids is 1. The van der Waals surface area contributed by atoms with Crippen molar-refractivity contribution in [2.75, 3.05) is 20.6 Å². The number of thiazole rings is 1. The molecule has 1 aromatic carbocycles. The average molecular weight is 806 g/mol. The number of carboxylic acids is 1. The van der Waals surface area contributed by atoms with Gasteiger partial charge >= 0.3 is 18.1 Å². The van der Waals surface area contributed by atoms with Crippen LogP contribution in [0.1, 0.15) is 106 Å². The zero-order chi connectivity index (χ0) is 41.2. The summed E-state index contributed by atoms with van der Waals surface area (Å²) in [7, 11) is 3.38. The summed E-state index contributed by atoms with van der Waals surface area (Å²) in [5.41, 5.74) is -1.89. The van der Waals surface area contributed by atoms with Crippen LogP contribution in [0.25, 0.3) is 0 Å². The Labute approximate surface area is 329 Å². The topological polar surface area (TPSA) is 158 Å². The Morgan fingerprint density at radius 1 is 1.05 bits per heavy atom. The number of aromatic nitrogens is 1. The van der Waals surface area contributed by atoms with Crippen molar-refractivity contribution in [1.82, 2.24) is 25.4 Å². The van der Waals surface area contributed by atoms with E-state index < -0.39 is 76.9 Å². The summed E-state index contributed by atoms with van der Waals surface area (Å²) >= 11 is 1.09. The highest BCUT2D eigenvalue weighted by Gasteiger charge is 2.81. The van der Waals surface area contributed by atoms with Crippen LogP contribution in [-0.4, -0.2) is 101 Å². The quantitative estimate of drug-likeness (QED) is 0.169. The van der Waals surface area contributed by atoms with Crippen LogP contribution in [0.15, 0.2) is 35.7 Å². The molecule has 2 heterocycles. The van der Waals surface area contributed by atoms with Crippen LogP contribution in [0.5, 0.6) is 0 Å². The SMILES string of the molecule is CC(=O)O[C@H](C[C@H](C(C)C)N(C)C(=O)[C@@H](NC(=O)[C@H]1CCCCN1C)C12CC(C(F)(F)F)(C1)C2)c1nc(C(=O)N[C@@H](Cc2ccccc2)C[C@H](C)C(=O)O)cs1. The van der Waals surface area contributed by atoms with Crippen LogP contribution in [0.4, 0.5) is 13.2 Å². The number of carboxylic acid groups (broad SMARTS) is 1. The van der Waals surface area contributed by atoms with Crippen molar-refractivity contribution in [3.05, 3.63) is 52.0 Å². The molecule has 4 fully saturated rings. The Bertz CT molecular complexity index is 1730. The fourth-order valence-electron chi connectivity index (χ4n) is 8.88. The minimum absolute atomic E-state index is 0.0476. The molecule has 308 valence electrons. The maximum Gasteiger partial charge on any atom is 0.394 e. The largest absolute Gasteiger partial charge is 0.481 e. The summed E-state index contributed by atoms with van der Waals surface area (Å²) in [5.74, 6) is -3.97. The number of ether oxygens (including phenoxy) is 1. The molecule has 0 unspecified atom stereocenters. The third-order valence-electron chi connectivity index (χ3n) is 12.0. The lowest BCUT2D eigenvalue weighted by Crippen LogP contribution is -2.77. The van der Waals surface area contributed by atoms with Crippen LogP contribution in [0, 0.1) is 22.7 Å². The Hall–Kier alpha value is -4.05. The van der Waals surface area contributed by atoms with Gasteiger partial charge < -0.3 is 25.4 Å². The highest BCUT2D eigenvalue weighted by molar-refractivity contribution is 7.09. The number of piperidine rings is 1. The molecular weight excluding hydrogens is 752 g/mol. The minimum Gasteiger partial charge on any atom is -0.481 e. The predicted molar refractivity (Wildman–Crippen MR) is 202 cm³/mol. The van der Waals surface area contributed by atoms with E-state index in [0.717, 1.165) is 29.7 Å². The van der Waals surface area contributed by atoms with Gasteiger partial charge in [0.1, 0.15) is 16.7 Å². The van der Waals surface area contributed by atoms with Crippen molar-refractivity contribution >= 4 is 41.0 Å². The third kappa shape index (κ3) is 9.38. The first kappa shape index (κ1) is 43.1. The van der Waals surface area contributed by atoms with E-state index in [1.54, 1.807) is 14.0 Å². The van der Waals surface area contributed by atoms with E-state index in [-0.39, 0.29) is 49.6 Å². The number of amides is 3. The van der Waals surface area contributed by atoms with Gasteiger partial charge in [0, 0.05) is 43.3 Å². The van der Waals surface area contributed by atoms with Gasteiger partial charge in [0.25, 0.3) is 5.91 Å². The average Bonchev–Trinajstić information content (AvgIpc) is 3.58. The molecule has 2 bridgehead atoms. The molecule has 1 saturated heterocycles. The predicted octanol–water partition coefficient (Wildman–Crippen LogP) is 5.77. The molecule has 1 aliphatic heterocycles. The number of hydrogen-bond donors (Lipinski definition) is 3. The van der Waals surface area contributed by atoms with Gasteiger partial charge in [0.05, 0.1) is 17.4 Å². The number of likely N-dealkylation sites (N-methyl/N-ethyl adjacent to an activating group) is 2. The number of halogens is 3. The Kier molecular flexibility index (Phi) is 13.2. The van der Waals surface area contributed by atoms with E-state index >= 15 is 0 Å². The highest BCUT2D eigenvalue weighted by atomic mass is 32.1. The summed E-state index contributed by atoms with van der Waals surface area (Å²) in [6, 6.07) is 6.57. The van der Waals surface area contributed by atoms with Crippen molar-refractivity contribution in [3.8, 4) is 0 Å². The van der Waals surface area contributed by atoms with Crippen LogP contribution in [0.2, 0.25) is 0 Å². The molecule has 3 N–H and O–H groups in total. The lowest BCUT2D eigenvalue weighted by molar-refractivity contribution is -0.367. The number of nitrogens with zero attached hydrogens (tertiary/aromatic N) is 3. The van der Waals surface area contributed by atoms with E-state index in [9.17, 15) is 42.3 Å². The molecule has 12 nitrogen and oxygen atoms in total. The van der Waals surface area contributed by atoms with E-state index in [0.29, 0.717) is 24.4 Å². The molecule has 3 amide bonds. The Morgan fingerprint density at radius 3 is 2.29 bits per heavy atom. The first-order chi connectivity index (χ1) is 26.3. The number of nitrogens with one attached hydrogen (secondary N) is 2. The molecule has 56 heavy (non-hydrogen) atoms. The van der Waals surface area contributed by atoms with Crippen molar-refractivity contribution in [2.45, 2.75) is 122 Å². The van der Waals surface area contributed by atoms with Crippen molar-refractivity contribution in [1.29, 1.82) is 0 Å². The summed E-state index contributed by atoms with van der Waals surface area (Å²) < 4.78 is 47.6. The number of alkyl halides is 3. The molecule has 6 rings (SSSR count). The molecule has 4 aliphatic rings. The van der Waals surface area contributed by atoms with Crippen LogP contribution >= 0.6 is 11.3 Å². The third-order valence-corrected chi connectivity index (χ3v) is 13.0. The van der Waals surface area contributed by atoms with E-state index in [1.165, 1.54) is 17.2 Å². The summed E-state index contributed by atoms with van der Waals surface area (Å²) in [6.45, 7) is 7.25. The number of benzene rings is 1. The molecule has 16 heteroatoms. The van der Waals surface area contributed by atoms with Crippen LogP contribution in [0.3, 0.4) is 0 Å². The Balaban J connectivity index is 1.34. The van der Waals surface area contributed by atoms with Gasteiger partial charge in [-0.25, -0.2) is 4.98 Å². The van der Waals surface area contributed by atoms with Gasteiger partial charge in [-0.3, -0.25) is 28.9 Å². The number of carbonyl (C=O) groups excluding carboxylic acids is 4. The van der Waals surface area contributed by atoms with Gasteiger partial charge in [0.15, 0.2) is 6.10 Å². The van der Waals surface area contributed by atoms with Crippen molar-refractivity contribution in [3.63, 3.8) is 0 Å². The van der Waals surface area contributed by atoms with Gasteiger partial charge in [-0.2, -0.15) is 13.2 Å². The maximum atomic E-state index is 14.5. The van der Waals surface area contributed by atoms with Crippen LogP contribution in [-0.2, 0) is 30.3 Å². The van der Waals surface area contributed by atoms with Crippen molar-refractivity contribution < 1.29 is 47.0 Å². The van der Waals surface area contributed by atoms with Crippen LogP contribution < -0.4 is 10.6 Å². The van der Waals surface area contributed by atoms with Gasteiger partial charge in [0.2, 0.25) is 11.8 Å². The molecule has 0 spiro atoms. The van der Waals surface area contributed by atoms with E-state index in [4.69, 9.17) is 4.74 Å². The number of esters is 1. The summed E-state index contributed by atoms with van der Waals surface area (Å²) in [5, 5.41) is 17.2. The highest BCUT2D eigenvalue weighted by Crippen LogP contribution is 2.79. The van der Waals surface area contributed by atoms with Crippen molar-refractivity contribution in [2.24, 2.45) is 22.7 Å². The van der Waals surface area contributed by atoms with Gasteiger partial charge in [-0.15, -0.1) is 11.3 Å².